The number of hydrogen-bond donors (Lipinski definition) is 3. The number of nitrogens with two attached hydrogens (primary N) is 1. The minimum atomic E-state index is -4.48. The molecule has 6 nitrogen and oxygen atoms in total. The van der Waals surface area contributed by atoms with Crippen LogP contribution in [0, 0.1) is 0 Å². The van der Waals surface area contributed by atoms with Gasteiger partial charge in [-0.3, -0.25) is 9.59 Å². The number of rotatable bonds is 8. The highest BCUT2D eigenvalue weighted by molar-refractivity contribution is 7.12. The first-order valence-corrected chi connectivity index (χ1v) is 10.2. The molecule has 1 amide bonds. The van der Waals surface area contributed by atoms with Gasteiger partial charge in [0.2, 0.25) is 5.91 Å². The molecule has 4 N–H and O–H groups in total. The third kappa shape index (κ3) is 6.08. The van der Waals surface area contributed by atoms with E-state index in [0.717, 1.165) is 0 Å². The molecular weight excluding hydrogens is 445 g/mol. The third-order valence-corrected chi connectivity index (χ3v) is 5.52. The second kappa shape index (κ2) is 9.84. The third-order valence-electron chi connectivity index (χ3n) is 4.37. The fourth-order valence-electron chi connectivity index (χ4n) is 2.84. The summed E-state index contributed by atoms with van der Waals surface area (Å²) in [6.07, 6.45) is -4.85. The monoisotopic (exact) mass is 464 g/mol. The number of anilines is 1. The highest BCUT2D eigenvalue weighted by Gasteiger charge is 2.36. The van der Waals surface area contributed by atoms with Gasteiger partial charge >= 0.3 is 12.1 Å². The molecule has 1 heterocycles. The number of ether oxygens (including phenoxy) is 1. The number of carbonyl (C=O) groups excluding carboxylic acids is 1. The Morgan fingerprint density at radius 3 is 2.34 bits per heavy atom. The predicted molar refractivity (Wildman–Crippen MR) is 114 cm³/mol. The quantitative estimate of drug-likeness (QED) is 0.447. The topological polar surface area (TPSA) is 102 Å². The molecule has 168 valence electrons. The molecule has 0 bridgehead atoms. The van der Waals surface area contributed by atoms with Crippen molar-refractivity contribution in [3.63, 3.8) is 0 Å². The average molecular weight is 464 g/mol. The van der Waals surface area contributed by atoms with Gasteiger partial charge in [-0.15, -0.1) is 11.3 Å². The number of amides is 1. The Kier molecular flexibility index (Phi) is 7.16. The summed E-state index contributed by atoms with van der Waals surface area (Å²) in [5, 5.41) is 11.2. The molecule has 0 spiro atoms. The van der Waals surface area contributed by atoms with Crippen LogP contribution in [0.4, 0.5) is 18.9 Å². The Morgan fingerprint density at radius 2 is 1.75 bits per heavy atom. The van der Waals surface area contributed by atoms with E-state index in [2.05, 4.69) is 5.32 Å². The summed E-state index contributed by atoms with van der Waals surface area (Å²) < 4.78 is 46.0. The van der Waals surface area contributed by atoms with Crippen molar-refractivity contribution >= 4 is 28.9 Å². The number of thiophene rings is 1. The van der Waals surface area contributed by atoms with Gasteiger partial charge in [0.25, 0.3) is 0 Å². The van der Waals surface area contributed by atoms with Gasteiger partial charge in [-0.05, 0) is 35.9 Å². The number of alkyl halides is 3. The van der Waals surface area contributed by atoms with E-state index in [9.17, 15) is 22.8 Å². The molecule has 0 fully saturated rings. The van der Waals surface area contributed by atoms with Crippen LogP contribution in [0.3, 0.4) is 0 Å². The zero-order chi connectivity index (χ0) is 23.3. The Balaban J connectivity index is 1.65. The SMILES string of the molecule is N[C@H](CC(=O)Nc1ccc(OCc2cc(-c3ccccc3)c(C(F)(F)F)s2)cc1)C(=O)O. The van der Waals surface area contributed by atoms with Crippen molar-refractivity contribution in [3.05, 3.63) is 70.4 Å². The van der Waals surface area contributed by atoms with Gasteiger partial charge < -0.3 is 20.9 Å². The number of hydrogen-bond acceptors (Lipinski definition) is 5. The van der Waals surface area contributed by atoms with Crippen molar-refractivity contribution in [2.75, 3.05) is 5.32 Å². The summed E-state index contributed by atoms with van der Waals surface area (Å²) in [5.41, 5.74) is 6.31. The van der Waals surface area contributed by atoms with Crippen molar-refractivity contribution in [2.45, 2.75) is 25.2 Å². The summed E-state index contributed by atoms with van der Waals surface area (Å²) in [6, 6.07) is 14.7. The molecule has 0 radical (unpaired) electrons. The van der Waals surface area contributed by atoms with E-state index < -0.39 is 29.0 Å². The zero-order valence-electron chi connectivity index (χ0n) is 16.6. The molecule has 3 aromatic rings. The smallest absolute Gasteiger partial charge is 0.426 e. The maximum Gasteiger partial charge on any atom is 0.426 e. The highest BCUT2D eigenvalue weighted by Crippen LogP contribution is 2.43. The number of carboxylic acids is 1. The Labute approximate surface area is 185 Å². The average Bonchev–Trinajstić information content (AvgIpc) is 3.19. The van der Waals surface area contributed by atoms with Crippen molar-refractivity contribution in [1.82, 2.24) is 0 Å². The molecule has 0 aliphatic rings. The molecule has 1 aromatic heterocycles. The number of carbonyl (C=O) groups is 2. The van der Waals surface area contributed by atoms with Gasteiger partial charge in [0.15, 0.2) is 0 Å². The summed E-state index contributed by atoms with van der Waals surface area (Å²) in [7, 11) is 0. The van der Waals surface area contributed by atoms with E-state index in [1.165, 1.54) is 18.2 Å². The normalized spacial score (nSPS) is 12.2. The minimum Gasteiger partial charge on any atom is -0.488 e. The molecule has 0 unspecified atom stereocenters. The van der Waals surface area contributed by atoms with E-state index in [4.69, 9.17) is 15.6 Å². The van der Waals surface area contributed by atoms with E-state index in [1.807, 2.05) is 0 Å². The maximum absolute atomic E-state index is 13.5. The summed E-state index contributed by atoms with van der Waals surface area (Å²) in [5.74, 6) is -1.43. The molecule has 0 saturated heterocycles. The molecule has 2 aromatic carbocycles. The van der Waals surface area contributed by atoms with E-state index >= 15 is 0 Å². The first-order valence-electron chi connectivity index (χ1n) is 9.40. The lowest BCUT2D eigenvalue weighted by Crippen LogP contribution is -2.34. The number of carboxylic acid groups (broad SMARTS) is 1. The molecule has 32 heavy (non-hydrogen) atoms. The first-order chi connectivity index (χ1) is 15.1. The van der Waals surface area contributed by atoms with Crippen LogP contribution in [-0.2, 0) is 22.4 Å². The molecule has 1 atom stereocenters. The standard InChI is InChI=1S/C22H19F3N2O4S/c23-22(24,25)20-17(13-4-2-1-3-5-13)10-16(32-20)12-31-15-8-6-14(7-9-15)27-19(28)11-18(26)21(29)30/h1-10,18H,11-12,26H2,(H,27,28)(H,29,30)/t18-/m1/s1. The van der Waals surface area contributed by atoms with Crippen LogP contribution in [0.15, 0.2) is 60.7 Å². The molecule has 10 heteroatoms. The predicted octanol–water partition coefficient (Wildman–Crippen LogP) is 4.75. The Morgan fingerprint density at radius 1 is 1.09 bits per heavy atom. The van der Waals surface area contributed by atoms with Gasteiger partial charge in [-0.2, -0.15) is 13.2 Å². The maximum atomic E-state index is 13.5. The molecular formula is C22H19F3N2O4S. The van der Waals surface area contributed by atoms with Crippen LogP contribution >= 0.6 is 11.3 Å². The summed E-state index contributed by atoms with van der Waals surface area (Å²) >= 11 is 0.633. The van der Waals surface area contributed by atoms with E-state index in [0.29, 0.717) is 33.2 Å². The molecule has 0 saturated carbocycles. The molecule has 0 aliphatic heterocycles. The Hall–Kier alpha value is -3.37. The van der Waals surface area contributed by atoms with Crippen LogP contribution < -0.4 is 15.8 Å². The van der Waals surface area contributed by atoms with Crippen LogP contribution in [0.5, 0.6) is 5.75 Å². The van der Waals surface area contributed by atoms with Crippen LogP contribution in [0.2, 0.25) is 0 Å². The minimum absolute atomic E-state index is 0.0558. The number of nitrogens with one attached hydrogen (secondary N) is 1. The number of benzene rings is 2. The summed E-state index contributed by atoms with van der Waals surface area (Å²) in [6.45, 7) is -0.0558. The van der Waals surface area contributed by atoms with Crippen molar-refractivity contribution in [2.24, 2.45) is 5.73 Å². The van der Waals surface area contributed by atoms with Gasteiger partial charge in [-0.25, -0.2) is 0 Å². The Bertz CT molecular complexity index is 1080. The highest BCUT2D eigenvalue weighted by atomic mass is 32.1. The number of halogens is 3. The van der Waals surface area contributed by atoms with Crippen molar-refractivity contribution in [3.8, 4) is 16.9 Å². The second-order valence-electron chi connectivity index (χ2n) is 6.83. The zero-order valence-corrected chi connectivity index (χ0v) is 17.4. The van der Waals surface area contributed by atoms with Gasteiger partial charge in [0.1, 0.15) is 23.3 Å². The largest absolute Gasteiger partial charge is 0.488 e. The lowest BCUT2D eigenvalue weighted by Gasteiger charge is -2.09. The van der Waals surface area contributed by atoms with E-state index in [1.54, 1.807) is 42.5 Å². The first kappa shape index (κ1) is 23.3. The lowest BCUT2D eigenvalue weighted by atomic mass is 10.1. The molecule has 0 aliphatic carbocycles. The fraction of sp³-hybridized carbons (Fsp3) is 0.182. The fourth-order valence-corrected chi connectivity index (χ4v) is 3.80. The lowest BCUT2D eigenvalue weighted by molar-refractivity contribution is -0.140. The van der Waals surface area contributed by atoms with E-state index in [-0.39, 0.29) is 18.6 Å². The van der Waals surface area contributed by atoms with Crippen LogP contribution in [-0.4, -0.2) is 23.0 Å². The van der Waals surface area contributed by atoms with Gasteiger partial charge in [-0.1, -0.05) is 30.3 Å². The summed E-state index contributed by atoms with van der Waals surface area (Å²) in [4.78, 5) is 22.2. The second-order valence-corrected chi connectivity index (χ2v) is 7.97. The van der Waals surface area contributed by atoms with Gasteiger partial charge in [0, 0.05) is 16.1 Å². The van der Waals surface area contributed by atoms with Gasteiger partial charge in [0.05, 0.1) is 6.42 Å². The molecule has 3 rings (SSSR count). The van der Waals surface area contributed by atoms with Crippen molar-refractivity contribution < 1.29 is 32.6 Å². The van der Waals surface area contributed by atoms with Crippen LogP contribution in [0.25, 0.3) is 11.1 Å². The van der Waals surface area contributed by atoms with Crippen molar-refractivity contribution in [1.29, 1.82) is 0 Å². The van der Waals surface area contributed by atoms with Crippen LogP contribution in [0.1, 0.15) is 16.2 Å². The number of aliphatic carboxylic acids is 1.